The number of carbonyl (C=O) groups excluding carboxylic acids is 1. The molecule has 0 spiro atoms. The van der Waals surface area contributed by atoms with E-state index in [-0.39, 0.29) is 5.78 Å². The highest BCUT2D eigenvalue weighted by Gasteiger charge is 2.18. The van der Waals surface area contributed by atoms with Crippen molar-refractivity contribution in [2.75, 3.05) is 18.0 Å². The second kappa shape index (κ2) is 5.21. The van der Waals surface area contributed by atoms with Crippen molar-refractivity contribution >= 4 is 27.4 Å². The second-order valence-electron chi connectivity index (χ2n) is 4.89. The fourth-order valence-electron chi connectivity index (χ4n) is 2.23. The Morgan fingerprint density at radius 2 is 2.00 bits per heavy atom. The molecule has 1 heterocycles. The second-order valence-corrected chi connectivity index (χ2v) is 5.75. The molecule has 0 bridgehead atoms. The van der Waals surface area contributed by atoms with E-state index in [9.17, 15) is 4.79 Å². The maximum Gasteiger partial charge on any atom is 0.159 e. The molecule has 1 aliphatic rings. The van der Waals surface area contributed by atoms with Gasteiger partial charge in [0.2, 0.25) is 0 Å². The zero-order valence-corrected chi connectivity index (χ0v) is 12.0. The lowest BCUT2D eigenvalue weighted by Gasteiger charge is -2.32. The van der Waals surface area contributed by atoms with Crippen LogP contribution in [0.4, 0.5) is 5.69 Å². The SMILES string of the molecule is CC(=O)c1ccc(N2CCC(C)CC2)c(Br)c1. The minimum atomic E-state index is 0.115. The Balaban J connectivity index is 2.19. The van der Waals surface area contributed by atoms with E-state index in [1.807, 2.05) is 12.1 Å². The van der Waals surface area contributed by atoms with Gasteiger partial charge in [0.15, 0.2) is 5.78 Å². The molecule has 0 amide bonds. The molecule has 3 heteroatoms. The molecule has 0 atom stereocenters. The van der Waals surface area contributed by atoms with Gasteiger partial charge in [0.05, 0.1) is 5.69 Å². The minimum Gasteiger partial charge on any atom is -0.371 e. The van der Waals surface area contributed by atoms with Crippen LogP contribution < -0.4 is 4.90 Å². The quantitative estimate of drug-likeness (QED) is 0.772. The van der Waals surface area contributed by atoms with Crippen LogP contribution in [0, 0.1) is 5.92 Å². The maximum absolute atomic E-state index is 11.3. The number of benzene rings is 1. The van der Waals surface area contributed by atoms with Crippen molar-refractivity contribution in [1.29, 1.82) is 0 Å². The van der Waals surface area contributed by atoms with Crippen LogP contribution in [0.3, 0.4) is 0 Å². The van der Waals surface area contributed by atoms with E-state index in [0.29, 0.717) is 0 Å². The van der Waals surface area contributed by atoms with Crippen molar-refractivity contribution in [3.63, 3.8) is 0 Å². The van der Waals surface area contributed by atoms with Gasteiger partial charge in [0.25, 0.3) is 0 Å². The lowest BCUT2D eigenvalue weighted by atomic mass is 9.98. The number of anilines is 1. The first-order chi connectivity index (χ1) is 8.08. The van der Waals surface area contributed by atoms with Gasteiger partial charge in [-0.2, -0.15) is 0 Å². The third-order valence-corrected chi connectivity index (χ3v) is 4.11. The molecule has 2 rings (SSSR count). The number of ketones is 1. The molecule has 1 aromatic rings. The first-order valence-electron chi connectivity index (χ1n) is 6.13. The summed E-state index contributed by atoms with van der Waals surface area (Å²) in [7, 11) is 0. The largest absolute Gasteiger partial charge is 0.371 e. The van der Waals surface area contributed by atoms with E-state index in [1.165, 1.54) is 18.5 Å². The van der Waals surface area contributed by atoms with E-state index in [0.717, 1.165) is 29.0 Å². The Morgan fingerprint density at radius 1 is 1.35 bits per heavy atom. The van der Waals surface area contributed by atoms with Crippen LogP contribution in [0.25, 0.3) is 0 Å². The van der Waals surface area contributed by atoms with Crippen LogP contribution >= 0.6 is 15.9 Å². The number of hydrogen-bond acceptors (Lipinski definition) is 2. The molecule has 0 aliphatic carbocycles. The number of carbonyl (C=O) groups is 1. The first kappa shape index (κ1) is 12.6. The van der Waals surface area contributed by atoms with Crippen LogP contribution in [-0.2, 0) is 0 Å². The number of rotatable bonds is 2. The predicted molar refractivity (Wildman–Crippen MR) is 74.8 cm³/mol. The third-order valence-electron chi connectivity index (χ3n) is 3.48. The molecule has 92 valence electrons. The van der Waals surface area contributed by atoms with E-state index in [4.69, 9.17) is 0 Å². The van der Waals surface area contributed by atoms with Gasteiger partial charge in [-0.25, -0.2) is 0 Å². The molecule has 0 N–H and O–H groups in total. The van der Waals surface area contributed by atoms with Gasteiger partial charge < -0.3 is 4.90 Å². The zero-order chi connectivity index (χ0) is 12.4. The van der Waals surface area contributed by atoms with Crippen LogP contribution in [-0.4, -0.2) is 18.9 Å². The molecule has 1 saturated heterocycles. The van der Waals surface area contributed by atoms with Crippen molar-refractivity contribution < 1.29 is 4.79 Å². The number of hydrogen-bond donors (Lipinski definition) is 0. The highest BCUT2D eigenvalue weighted by atomic mass is 79.9. The number of nitrogens with zero attached hydrogens (tertiary/aromatic N) is 1. The molecule has 0 saturated carbocycles. The Labute approximate surface area is 111 Å². The fraction of sp³-hybridized carbons (Fsp3) is 0.500. The molecule has 0 radical (unpaired) electrons. The van der Waals surface area contributed by atoms with Crippen molar-refractivity contribution in [1.82, 2.24) is 0 Å². The van der Waals surface area contributed by atoms with Gasteiger partial charge in [-0.15, -0.1) is 0 Å². The minimum absolute atomic E-state index is 0.115. The summed E-state index contributed by atoms with van der Waals surface area (Å²) in [6.07, 6.45) is 2.50. The first-order valence-corrected chi connectivity index (χ1v) is 6.92. The summed E-state index contributed by atoms with van der Waals surface area (Å²) in [4.78, 5) is 13.7. The van der Waals surface area contributed by atoms with Gasteiger partial charge in [-0.05, 0) is 59.8 Å². The molecule has 17 heavy (non-hydrogen) atoms. The Kier molecular flexibility index (Phi) is 3.87. The van der Waals surface area contributed by atoms with Crippen LogP contribution in [0.2, 0.25) is 0 Å². The molecular formula is C14H18BrNO. The molecule has 0 aromatic heterocycles. The maximum atomic E-state index is 11.3. The summed E-state index contributed by atoms with van der Waals surface area (Å²) in [5.74, 6) is 0.950. The number of piperidine rings is 1. The molecule has 0 unspecified atom stereocenters. The Hall–Kier alpha value is -0.830. The summed E-state index contributed by atoms with van der Waals surface area (Å²) in [5.41, 5.74) is 1.98. The average molecular weight is 296 g/mol. The lowest BCUT2D eigenvalue weighted by Crippen LogP contribution is -2.32. The number of halogens is 1. The van der Waals surface area contributed by atoms with E-state index in [2.05, 4.69) is 33.8 Å². The highest BCUT2D eigenvalue weighted by Crippen LogP contribution is 2.30. The summed E-state index contributed by atoms with van der Waals surface area (Å²) in [5, 5.41) is 0. The van der Waals surface area contributed by atoms with E-state index < -0.39 is 0 Å². The fourth-order valence-corrected chi connectivity index (χ4v) is 2.86. The number of Topliss-reactive ketones (excluding diaryl/α,β-unsaturated/α-hetero) is 1. The smallest absolute Gasteiger partial charge is 0.159 e. The highest BCUT2D eigenvalue weighted by molar-refractivity contribution is 9.10. The van der Waals surface area contributed by atoms with Crippen LogP contribution in [0.15, 0.2) is 22.7 Å². The Bertz CT molecular complexity index is 422. The zero-order valence-electron chi connectivity index (χ0n) is 10.4. The monoisotopic (exact) mass is 295 g/mol. The van der Waals surface area contributed by atoms with Gasteiger partial charge >= 0.3 is 0 Å². The molecule has 2 nitrogen and oxygen atoms in total. The van der Waals surface area contributed by atoms with Crippen molar-refractivity contribution in [3.05, 3.63) is 28.2 Å². The molecular weight excluding hydrogens is 278 g/mol. The lowest BCUT2D eigenvalue weighted by molar-refractivity contribution is 0.101. The third kappa shape index (κ3) is 2.89. The van der Waals surface area contributed by atoms with Gasteiger partial charge in [0, 0.05) is 23.1 Å². The van der Waals surface area contributed by atoms with Gasteiger partial charge in [-0.3, -0.25) is 4.79 Å². The average Bonchev–Trinajstić information content (AvgIpc) is 2.30. The summed E-state index contributed by atoms with van der Waals surface area (Å²) >= 11 is 3.57. The van der Waals surface area contributed by atoms with Crippen LogP contribution in [0.1, 0.15) is 37.0 Å². The summed E-state index contributed by atoms with van der Waals surface area (Å²) in [6.45, 7) is 6.13. The Morgan fingerprint density at radius 3 is 2.53 bits per heavy atom. The van der Waals surface area contributed by atoms with E-state index >= 15 is 0 Å². The summed E-state index contributed by atoms with van der Waals surface area (Å²) < 4.78 is 1.03. The molecule has 1 fully saturated rings. The standard InChI is InChI=1S/C14H18BrNO/c1-10-5-7-16(8-6-10)14-4-3-12(11(2)17)9-13(14)15/h3-4,9-10H,5-8H2,1-2H3. The molecule has 1 aliphatic heterocycles. The normalized spacial score (nSPS) is 17.2. The van der Waals surface area contributed by atoms with Crippen molar-refractivity contribution in [2.45, 2.75) is 26.7 Å². The van der Waals surface area contributed by atoms with Crippen LogP contribution in [0.5, 0.6) is 0 Å². The van der Waals surface area contributed by atoms with Gasteiger partial charge in [0.1, 0.15) is 0 Å². The predicted octanol–water partition coefficient (Wildman–Crippen LogP) is 3.89. The van der Waals surface area contributed by atoms with Crippen molar-refractivity contribution in [3.8, 4) is 0 Å². The van der Waals surface area contributed by atoms with Gasteiger partial charge in [-0.1, -0.05) is 6.92 Å². The topological polar surface area (TPSA) is 20.3 Å². The van der Waals surface area contributed by atoms with E-state index in [1.54, 1.807) is 6.92 Å². The van der Waals surface area contributed by atoms with Crippen molar-refractivity contribution in [2.24, 2.45) is 5.92 Å². The molecule has 1 aromatic carbocycles. The summed E-state index contributed by atoms with van der Waals surface area (Å²) in [6, 6.07) is 5.90.